The largest absolute Gasteiger partial charge is 0.492 e. The lowest BCUT2D eigenvalue weighted by molar-refractivity contribution is 0.137. The summed E-state index contributed by atoms with van der Waals surface area (Å²) in [6.07, 6.45) is 0. The van der Waals surface area contributed by atoms with Gasteiger partial charge in [0, 0.05) is 30.7 Å². The molecular weight excluding hydrogens is 216 g/mol. The van der Waals surface area contributed by atoms with E-state index >= 15 is 0 Å². The summed E-state index contributed by atoms with van der Waals surface area (Å²) >= 11 is 0. The fourth-order valence-corrected chi connectivity index (χ4v) is 2.08. The molecule has 0 saturated carbocycles. The third-order valence-corrected chi connectivity index (χ3v) is 2.98. The van der Waals surface area contributed by atoms with Crippen LogP contribution < -0.4 is 10.5 Å². The SMILES string of the molecule is CC(N)(CO)CN1CCOc2ccccc2C1. The van der Waals surface area contributed by atoms with Crippen LogP contribution >= 0.6 is 0 Å². The second-order valence-corrected chi connectivity index (χ2v) is 4.98. The maximum atomic E-state index is 9.21. The van der Waals surface area contributed by atoms with Crippen molar-refractivity contribution in [2.24, 2.45) is 5.73 Å². The van der Waals surface area contributed by atoms with E-state index in [1.54, 1.807) is 0 Å². The molecule has 1 unspecified atom stereocenters. The molecule has 0 amide bonds. The number of rotatable bonds is 3. The maximum Gasteiger partial charge on any atom is 0.123 e. The Morgan fingerprint density at radius 1 is 1.47 bits per heavy atom. The fraction of sp³-hybridized carbons (Fsp3) is 0.538. The summed E-state index contributed by atoms with van der Waals surface area (Å²) in [5, 5.41) is 9.21. The number of hydrogen-bond donors (Lipinski definition) is 2. The normalized spacial score (nSPS) is 19.9. The average molecular weight is 236 g/mol. The molecule has 17 heavy (non-hydrogen) atoms. The van der Waals surface area contributed by atoms with Gasteiger partial charge >= 0.3 is 0 Å². The zero-order chi connectivity index (χ0) is 12.3. The van der Waals surface area contributed by atoms with Gasteiger partial charge in [0.15, 0.2) is 0 Å². The monoisotopic (exact) mass is 236 g/mol. The zero-order valence-electron chi connectivity index (χ0n) is 10.2. The van der Waals surface area contributed by atoms with Gasteiger partial charge in [0.05, 0.1) is 6.61 Å². The summed E-state index contributed by atoms with van der Waals surface area (Å²) < 4.78 is 5.68. The first-order valence-corrected chi connectivity index (χ1v) is 5.93. The van der Waals surface area contributed by atoms with Crippen molar-refractivity contribution in [3.63, 3.8) is 0 Å². The minimum absolute atomic E-state index is 0.00793. The van der Waals surface area contributed by atoms with Crippen LogP contribution in [0, 0.1) is 0 Å². The van der Waals surface area contributed by atoms with E-state index in [1.165, 1.54) is 5.56 Å². The highest BCUT2D eigenvalue weighted by Gasteiger charge is 2.23. The van der Waals surface area contributed by atoms with Crippen LogP contribution in [0.1, 0.15) is 12.5 Å². The summed E-state index contributed by atoms with van der Waals surface area (Å²) in [7, 11) is 0. The van der Waals surface area contributed by atoms with Crippen LogP contribution in [-0.2, 0) is 6.54 Å². The molecule has 1 aromatic carbocycles. The van der Waals surface area contributed by atoms with Crippen LogP contribution in [0.15, 0.2) is 24.3 Å². The Morgan fingerprint density at radius 3 is 3.00 bits per heavy atom. The van der Waals surface area contributed by atoms with Crippen LogP contribution in [0.3, 0.4) is 0 Å². The number of aliphatic hydroxyl groups excluding tert-OH is 1. The lowest BCUT2D eigenvalue weighted by atomic mass is 10.0. The van der Waals surface area contributed by atoms with Crippen molar-refractivity contribution < 1.29 is 9.84 Å². The molecule has 1 heterocycles. The van der Waals surface area contributed by atoms with E-state index in [2.05, 4.69) is 11.0 Å². The van der Waals surface area contributed by atoms with Gasteiger partial charge in [-0.1, -0.05) is 18.2 Å². The number of ether oxygens (including phenoxy) is 1. The molecule has 1 atom stereocenters. The first-order valence-electron chi connectivity index (χ1n) is 5.93. The van der Waals surface area contributed by atoms with Crippen molar-refractivity contribution in [2.45, 2.75) is 19.0 Å². The van der Waals surface area contributed by atoms with E-state index in [-0.39, 0.29) is 6.61 Å². The number of hydrogen-bond acceptors (Lipinski definition) is 4. The molecule has 1 aliphatic rings. The molecule has 0 aromatic heterocycles. The van der Waals surface area contributed by atoms with E-state index in [9.17, 15) is 5.11 Å². The molecule has 2 rings (SSSR count). The molecule has 0 radical (unpaired) electrons. The van der Waals surface area contributed by atoms with E-state index in [1.807, 2.05) is 25.1 Å². The molecule has 4 heteroatoms. The van der Waals surface area contributed by atoms with E-state index in [0.717, 1.165) is 18.8 Å². The molecule has 0 saturated heterocycles. The van der Waals surface area contributed by atoms with Crippen molar-refractivity contribution in [3.05, 3.63) is 29.8 Å². The minimum Gasteiger partial charge on any atom is -0.492 e. The summed E-state index contributed by atoms with van der Waals surface area (Å²) in [5.41, 5.74) is 6.61. The topological polar surface area (TPSA) is 58.7 Å². The lowest BCUT2D eigenvalue weighted by Crippen LogP contribution is -2.50. The number of para-hydroxylation sites is 1. The third-order valence-electron chi connectivity index (χ3n) is 2.98. The number of nitrogens with zero attached hydrogens (tertiary/aromatic N) is 1. The zero-order valence-corrected chi connectivity index (χ0v) is 10.2. The highest BCUT2D eigenvalue weighted by Crippen LogP contribution is 2.22. The molecule has 0 spiro atoms. The van der Waals surface area contributed by atoms with Crippen LogP contribution in [-0.4, -0.2) is 41.8 Å². The first kappa shape index (κ1) is 12.4. The fourth-order valence-electron chi connectivity index (χ4n) is 2.08. The second kappa shape index (κ2) is 5.04. The van der Waals surface area contributed by atoms with Gasteiger partial charge in [0.1, 0.15) is 12.4 Å². The summed E-state index contributed by atoms with van der Waals surface area (Å²) in [6.45, 7) is 4.85. The van der Waals surface area contributed by atoms with E-state index < -0.39 is 5.54 Å². The van der Waals surface area contributed by atoms with Crippen molar-refractivity contribution in [3.8, 4) is 5.75 Å². The highest BCUT2D eigenvalue weighted by molar-refractivity contribution is 5.33. The molecule has 0 fully saturated rings. The highest BCUT2D eigenvalue weighted by atomic mass is 16.5. The molecular formula is C13H20N2O2. The second-order valence-electron chi connectivity index (χ2n) is 4.98. The van der Waals surface area contributed by atoms with Gasteiger partial charge in [-0.25, -0.2) is 0 Å². The molecule has 0 aliphatic carbocycles. The molecule has 1 aliphatic heterocycles. The van der Waals surface area contributed by atoms with Gasteiger partial charge in [-0.15, -0.1) is 0 Å². The number of aliphatic hydroxyl groups is 1. The quantitative estimate of drug-likeness (QED) is 0.806. The number of benzene rings is 1. The van der Waals surface area contributed by atoms with Crippen molar-refractivity contribution in [1.82, 2.24) is 4.90 Å². The van der Waals surface area contributed by atoms with Gasteiger partial charge in [0.25, 0.3) is 0 Å². The Hall–Kier alpha value is -1.10. The Kier molecular flexibility index (Phi) is 3.66. The summed E-state index contributed by atoms with van der Waals surface area (Å²) in [6, 6.07) is 8.06. The standard InChI is InChI=1S/C13H20N2O2/c1-13(14,10-16)9-15-6-7-17-12-5-3-2-4-11(12)8-15/h2-5,16H,6-10,14H2,1H3. The molecule has 4 nitrogen and oxygen atoms in total. The van der Waals surface area contributed by atoms with Gasteiger partial charge < -0.3 is 15.6 Å². The van der Waals surface area contributed by atoms with Crippen LogP contribution in [0.25, 0.3) is 0 Å². The molecule has 3 N–H and O–H groups in total. The predicted octanol–water partition coefficient (Wildman–Crippen LogP) is 0.591. The third kappa shape index (κ3) is 3.19. The van der Waals surface area contributed by atoms with Crippen LogP contribution in [0.4, 0.5) is 0 Å². The van der Waals surface area contributed by atoms with Crippen LogP contribution in [0.2, 0.25) is 0 Å². The van der Waals surface area contributed by atoms with Gasteiger partial charge in [-0.3, -0.25) is 4.90 Å². The van der Waals surface area contributed by atoms with E-state index in [0.29, 0.717) is 13.2 Å². The van der Waals surface area contributed by atoms with Gasteiger partial charge in [-0.2, -0.15) is 0 Å². The lowest BCUT2D eigenvalue weighted by Gasteiger charge is -2.29. The van der Waals surface area contributed by atoms with Gasteiger partial charge in [0.2, 0.25) is 0 Å². The van der Waals surface area contributed by atoms with Crippen molar-refractivity contribution in [1.29, 1.82) is 0 Å². The van der Waals surface area contributed by atoms with Crippen molar-refractivity contribution >= 4 is 0 Å². The average Bonchev–Trinajstić information content (AvgIpc) is 2.50. The van der Waals surface area contributed by atoms with Crippen molar-refractivity contribution in [2.75, 3.05) is 26.3 Å². The molecule has 94 valence electrons. The molecule has 1 aromatic rings. The molecule has 0 bridgehead atoms. The smallest absolute Gasteiger partial charge is 0.123 e. The maximum absolute atomic E-state index is 9.21. The van der Waals surface area contributed by atoms with Gasteiger partial charge in [-0.05, 0) is 13.0 Å². The number of fused-ring (bicyclic) bond motifs is 1. The van der Waals surface area contributed by atoms with Crippen LogP contribution in [0.5, 0.6) is 5.75 Å². The number of nitrogens with two attached hydrogens (primary N) is 1. The summed E-state index contributed by atoms with van der Waals surface area (Å²) in [5.74, 6) is 0.956. The predicted molar refractivity (Wildman–Crippen MR) is 66.9 cm³/mol. The van der Waals surface area contributed by atoms with E-state index in [4.69, 9.17) is 10.5 Å². The Balaban J connectivity index is 2.08. The Labute approximate surface area is 102 Å². The first-order chi connectivity index (χ1) is 8.11. The Bertz CT molecular complexity index is 379. The minimum atomic E-state index is -0.556. The summed E-state index contributed by atoms with van der Waals surface area (Å²) in [4.78, 5) is 2.22. The Morgan fingerprint density at radius 2 is 2.24 bits per heavy atom.